The van der Waals surface area contributed by atoms with Gasteiger partial charge >= 0.3 is 0 Å². The Labute approximate surface area is 115 Å². The topological polar surface area (TPSA) is 63.1 Å². The van der Waals surface area contributed by atoms with Crippen molar-refractivity contribution in [2.45, 2.75) is 13.1 Å². The Hall–Kier alpha value is -2.40. The summed E-state index contributed by atoms with van der Waals surface area (Å²) >= 11 is 0. The summed E-state index contributed by atoms with van der Waals surface area (Å²) in [6.45, 7) is 2.66. The summed E-state index contributed by atoms with van der Waals surface area (Å²) in [7, 11) is 0. The van der Waals surface area contributed by atoms with Gasteiger partial charge < -0.3 is 9.88 Å². The molecular weight excluding hydrogens is 254 g/mol. The second-order valence-electron chi connectivity index (χ2n) is 5.10. The highest BCUT2D eigenvalue weighted by atomic mass is 16.2. The molecule has 2 aromatic rings. The zero-order valence-corrected chi connectivity index (χ0v) is 10.8. The molecule has 3 heterocycles. The first-order valence-corrected chi connectivity index (χ1v) is 6.63. The minimum absolute atomic E-state index is 0.315. The van der Waals surface area contributed by atoms with Crippen molar-refractivity contribution in [3.05, 3.63) is 41.6 Å². The summed E-state index contributed by atoms with van der Waals surface area (Å²) in [5.41, 5.74) is 3.65. The number of rotatable bonds is 1. The molecule has 100 valence electrons. The van der Waals surface area contributed by atoms with E-state index in [4.69, 9.17) is 0 Å². The lowest BCUT2D eigenvalue weighted by atomic mass is 9.99. The van der Waals surface area contributed by atoms with E-state index >= 15 is 0 Å². The molecule has 0 saturated heterocycles. The Balaban J connectivity index is 1.99. The van der Waals surface area contributed by atoms with Gasteiger partial charge in [-0.15, -0.1) is 0 Å². The molecule has 2 amide bonds. The summed E-state index contributed by atoms with van der Waals surface area (Å²) in [5, 5.41) is 6.71. The normalized spacial score (nSPS) is 18.1. The second-order valence-corrected chi connectivity index (χ2v) is 5.10. The molecule has 0 unspecified atom stereocenters. The summed E-state index contributed by atoms with van der Waals surface area (Å²) in [4.78, 5) is 23.2. The third-order valence-corrected chi connectivity index (χ3v) is 3.90. The third-order valence-electron chi connectivity index (χ3n) is 3.90. The average Bonchev–Trinajstić information content (AvgIpc) is 2.91. The third kappa shape index (κ3) is 1.53. The van der Waals surface area contributed by atoms with Crippen LogP contribution in [0.3, 0.4) is 0 Å². The summed E-state index contributed by atoms with van der Waals surface area (Å²) < 4.78 is 2.20. The predicted molar refractivity (Wildman–Crippen MR) is 74.8 cm³/mol. The van der Waals surface area contributed by atoms with Crippen LogP contribution in [0.1, 0.15) is 11.1 Å². The number of amides is 2. The molecular formula is C15H13N3O2. The molecule has 2 N–H and O–H groups in total. The maximum Gasteiger partial charge on any atom is 0.258 e. The number of nitrogens with one attached hydrogen (secondary N) is 2. The number of hydrogen-bond acceptors (Lipinski definition) is 3. The van der Waals surface area contributed by atoms with E-state index in [-0.39, 0.29) is 11.8 Å². The van der Waals surface area contributed by atoms with E-state index in [1.807, 2.05) is 24.4 Å². The fourth-order valence-corrected chi connectivity index (χ4v) is 3.00. The van der Waals surface area contributed by atoms with Crippen molar-refractivity contribution in [1.29, 1.82) is 0 Å². The van der Waals surface area contributed by atoms with Crippen LogP contribution in [-0.4, -0.2) is 22.9 Å². The largest absolute Gasteiger partial charge is 0.346 e. The number of carbonyl (C=O) groups excluding carboxylic acids is 2. The minimum Gasteiger partial charge on any atom is -0.346 e. The molecule has 0 saturated carbocycles. The van der Waals surface area contributed by atoms with E-state index in [1.54, 1.807) is 0 Å². The summed E-state index contributed by atoms with van der Waals surface area (Å²) in [6.07, 6.45) is 3.42. The molecule has 0 bridgehead atoms. The van der Waals surface area contributed by atoms with E-state index in [0.717, 1.165) is 36.1 Å². The smallest absolute Gasteiger partial charge is 0.258 e. The number of imide groups is 1. The standard InChI is InChI=1S/C15H13N3O2/c19-13-7-12(15(20)17-13)10-2-1-9-8-16-4-6-18-5-3-11(10)14(9)18/h1-3,5,7,16H,4,6,8H2,(H,17,19,20). The SMILES string of the molecule is O=C1C=C(c2ccc3c4c2ccn4CCNC3)C(=O)N1. The maximum atomic E-state index is 11.9. The van der Waals surface area contributed by atoms with Crippen molar-refractivity contribution in [3.8, 4) is 0 Å². The lowest BCUT2D eigenvalue weighted by Gasteiger charge is -2.08. The van der Waals surface area contributed by atoms with Gasteiger partial charge in [0.25, 0.3) is 11.8 Å². The van der Waals surface area contributed by atoms with Gasteiger partial charge in [0.05, 0.1) is 11.1 Å². The Bertz CT molecular complexity index is 786. The molecule has 1 aromatic carbocycles. The first-order valence-electron chi connectivity index (χ1n) is 6.63. The molecule has 2 aliphatic heterocycles. The van der Waals surface area contributed by atoms with Crippen LogP contribution in [0.4, 0.5) is 0 Å². The van der Waals surface area contributed by atoms with Crippen molar-refractivity contribution in [3.63, 3.8) is 0 Å². The first-order chi connectivity index (χ1) is 9.74. The molecule has 0 spiro atoms. The van der Waals surface area contributed by atoms with Crippen LogP contribution in [0.2, 0.25) is 0 Å². The van der Waals surface area contributed by atoms with Crippen molar-refractivity contribution >= 4 is 28.3 Å². The van der Waals surface area contributed by atoms with E-state index in [9.17, 15) is 9.59 Å². The fourth-order valence-electron chi connectivity index (χ4n) is 3.00. The van der Waals surface area contributed by atoms with Gasteiger partial charge in [0.1, 0.15) is 0 Å². The number of nitrogens with zero attached hydrogens (tertiary/aromatic N) is 1. The molecule has 20 heavy (non-hydrogen) atoms. The molecule has 0 aliphatic carbocycles. The second kappa shape index (κ2) is 4.05. The van der Waals surface area contributed by atoms with Gasteiger partial charge in [0, 0.05) is 37.3 Å². The molecule has 0 radical (unpaired) electrons. The van der Waals surface area contributed by atoms with E-state index in [1.165, 1.54) is 11.6 Å². The van der Waals surface area contributed by atoms with Gasteiger partial charge in [0.2, 0.25) is 0 Å². The van der Waals surface area contributed by atoms with Crippen molar-refractivity contribution in [2.24, 2.45) is 0 Å². The van der Waals surface area contributed by atoms with Crippen molar-refractivity contribution in [2.75, 3.05) is 6.54 Å². The Morgan fingerprint density at radius 1 is 1.15 bits per heavy atom. The van der Waals surface area contributed by atoms with E-state index in [2.05, 4.69) is 15.2 Å². The monoisotopic (exact) mass is 267 g/mol. The Kier molecular flexibility index (Phi) is 2.31. The van der Waals surface area contributed by atoms with Crippen LogP contribution in [-0.2, 0) is 22.7 Å². The first kappa shape index (κ1) is 11.4. The maximum absolute atomic E-state index is 11.9. The van der Waals surface area contributed by atoms with Crippen molar-refractivity contribution < 1.29 is 9.59 Å². The van der Waals surface area contributed by atoms with Crippen LogP contribution in [0.25, 0.3) is 16.5 Å². The van der Waals surface area contributed by atoms with Crippen LogP contribution in [0, 0.1) is 0 Å². The highest BCUT2D eigenvalue weighted by Crippen LogP contribution is 2.31. The molecule has 4 rings (SSSR count). The predicted octanol–water partition coefficient (Wildman–Crippen LogP) is 0.784. The number of benzene rings is 1. The van der Waals surface area contributed by atoms with Gasteiger partial charge in [-0.3, -0.25) is 14.9 Å². The van der Waals surface area contributed by atoms with Crippen LogP contribution >= 0.6 is 0 Å². The molecule has 0 fully saturated rings. The Morgan fingerprint density at radius 3 is 2.85 bits per heavy atom. The van der Waals surface area contributed by atoms with Crippen LogP contribution in [0.15, 0.2) is 30.5 Å². The average molecular weight is 267 g/mol. The lowest BCUT2D eigenvalue weighted by Crippen LogP contribution is -2.21. The lowest BCUT2D eigenvalue weighted by molar-refractivity contribution is -0.123. The molecule has 5 nitrogen and oxygen atoms in total. The van der Waals surface area contributed by atoms with E-state index < -0.39 is 0 Å². The van der Waals surface area contributed by atoms with Crippen LogP contribution in [0.5, 0.6) is 0 Å². The minimum atomic E-state index is -0.340. The summed E-state index contributed by atoms with van der Waals surface area (Å²) in [5.74, 6) is -0.655. The molecule has 1 aromatic heterocycles. The quantitative estimate of drug-likeness (QED) is 0.751. The highest BCUT2D eigenvalue weighted by Gasteiger charge is 2.25. The van der Waals surface area contributed by atoms with Gasteiger partial charge in [-0.05, 0) is 17.2 Å². The number of hydrogen-bond donors (Lipinski definition) is 2. The fraction of sp³-hybridized carbons (Fsp3) is 0.200. The Morgan fingerprint density at radius 2 is 2.05 bits per heavy atom. The number of aromatic nitrogens is 1. The van der Waals surface area contributed by atoms with Crippen LogP contribution < -0.4 is 10.6 Å². The van der Waals surface area contributed by atoms with Gasteiger partial charge in [0.15, 0.2) is 0 Å². The van der Waals surface area contributed by atoms with Gasteiger partial charge in [-0.2, -0.15) is 0 Å². The molecule has 0 atom stereocenters. The number of carbonyl (C=O) groups is 2. The molecule has 5 heteroatoms. The van der Waals surface area contributed by atoms with Gasteiger partial charge in [-0.1, -0.05) is 12.1 Å². The zero-order chi connectivity index (χ0) is 13.7. The van der Waals surface area contributed by atoms with E-state index in [0.29, 0.717) is 5.57 Å². The van der Waals surface area contributed by atoms with Crippen molar-refractivity contribution in [1.82, 2.24) is 15.2 Å². The molecule has 2 aliphatic rings. The zero-order valence-electron chi connectivity index (χ0n) is 10.8. The highest BCUT2D eigenvalue weighted by molar-refractivity contribution is 6.35. The summed E-state index contributed by atoms with van der Waals surface area (Å²) in [6, 6.07) is 5.98. The van der Waals surface area contributed by atoms with Gasteiger partial charge in [-0.25, -0.2) is 0 Å².